The third-order valence-electron chi connectivity index (χ3n) is 2.01. The van der Waals surface area contributed by atoms with Crippen molar-refractivity contribution in [3.05, 3.63) is 23.5 Å². The lowest BCUT2D eigenvalue weighted by molar-refractivity contribution is 0.426. The molecule has 1 aromatic rings. The van der Waals surface area contributed by atoms with Crippen LogP contribution in [0.25, 0.3) is 0 Å². The highest BCUT2D eigenvalue weighted by Crippen LogP contribution is 2.09. The SMILES string of the molecule is C[Si](C)(C)C#Cc1cc(F)cc(N)c1B(O)O. The largest absolute Gasteiger partial charge is 0.491 e. The zero-order valence-corrected chi connectivity index (χ0v) is 11.1. The molecule has 0 fully saturated rings. The van der Waals surface area contributed by atoms with E-state index in [0.717, 1.165) is 12.1 Å². The maximum Gasteiger partial charge on any atom is 0.491 e. The molecule has 17 heavy (non-hydrogen) atoms. The molecule has 0 aliphatic rings. The number of halogens is 1. The van der Waals surface area contributed by atoms with Gasteiger partial charge in [-0.25, -0.2) is 4.39 Å². The van der Waals surface area contributed by atoms with Gasteiger partial charge in [-0.2, -0.15) is 0 Å². The normalized spacial score (nSPS) is 10.7. The highest BCUT2D eigenvalue weighted by molar-refractivity contribution is 6.84. The van der Waals surface area contributed by atoms with Crippen LogP contribution in [0, 0.1) is 17.3 Å². The van der Waals surface area contributed by atoms with Gasteiger partial charge >= 0.3 is 7.12 Å². The smallest absolute Gasteiger partial charge is 0.423 e. The van der Waals surface area contributed by atoms with Gasteiger partial charge < -0.3 is 15.8 Å². The van der Waals surface area contributed by atoms with E-state index in [2.05, 4.69) is 11.5 Å². The molecule has 0 aromatic heterocycles. The molecule has 0 saturated heterocycles. The van der Waals surface area contributed by atoms with Crippen LogP contribution in [0.4, 0.5) is 10.1 Å². The number of rotatable bonds is 1. The molecule has 0 aliphatic heterocycles. The van der Waals surface area contributed by atoms with Crippen LogP contribution in [0.3, 0.4) is 0 Å². The fourth-order valence-electron chi connectivity index (χ4n) is 1.29. The number of nitrogens with two attached hydrogens (primary N) is 1. The second-order valence-corrected chi connectivity index (χ2v) is 9.58. The Morgan fingerprint density at radius 2 is 1.88 bits per heavy atom. The molecule has 3 nitrogen and oxygen atoms in total. The lowest BCUT2D eigenvalue weighted by atomic mass is 9.76. The fraction of sp³-hybridized carbons (Fsp3) is 0.273. The van der Waals surface area contributed by atoms with Crippen molar-refractivity contribution in [1.29, 1.82) is 0 Å². The molecule has 1 rings (SSSR count). The van der Waals surface area contributed by atoms with Gasteiger partial charge in [0.25, 0.3) is 0 Å². The van der Waals surface area contributed by atoms with Crippen LogP contribution >= 0.6 is 0 Å². The van der Waals surface area contributed by atoms with Gasteiger partial charge in [0.15, 0.2) is 0 Å². The molecule has 1 aromatic carbocycles. The van der Waals surface area contributed by atoms with E-state index in [1.165, 1.54) is 0 Å². The van der Waals surface area contributed by atoms with E-state index < -0.39 is 21.0 Å². The summed E-state index contributed by atoms with van der Waals surface area (Å²) < 4.78 is 13.2. The van der Waals surface area contributed by atoms with E-state index in [9.17, 15) is 14.4 Å². The summed E-state index contributed by atoms with van der Waals surface area (Å²) in [5.41, 5.74) is 8.88. The standard InChI is InChI=1S/C11H15BFNO2Si/c1-17(2,3)5-4-8-6-9(13)7-10(14)11(8)12(15)16/h6-7,15-16H,14H2,1-3H3. The first-order chi connectivity index (χ1) is 7.70. The summed E-state index contributed by atoms with van der Waals surface area (Å²) in [7, 11) is -3.37. The Hall–Kier alpha value is -1.29. The van der Waals surface area contributed by atoms with E-state index in [1.807, 2.05) is 19.6 Å². The molecule has 4 N–H and O–H groups in total. The van der Waals surface area contributed by atoms with Gasteiger partial charge in [-0.15, -0.1) is 5.54 Å². The number of benzene rings is 1. The van der Waals surface area contributed by atoms with Crippen LogP contribution in [0.15, 0.2) is 12.1 Å². The fourth-order valence-corrected chi connectivity index (χ4v) is 1.80. The quantitative estimate of drug-likeness (QED) is 0.382. The summed E-state index contributed by atoms with van der Waals surface area (Å²) in [6, 6.07) is 2.22. The highest BCUT2D eigenvalue weighted by atomic mass is 28.3. The van der Waals surface area contributed by atoms with Gasteiger partial charge in [-0.1, -0.05) is 25.6 Å². The molecule has 0 radical (unpaired) electrons. The van der Waals surface area contributed by atoms with Crippen molar-refractivity contribution in [2.75, 3.05) is 5.73 Å². The molecule has 0 heterocycles. The summed E-state index contributed by atoms with van der Waals surface area (Å²) in [6.45, 7) is 6.12. The third-order valence-corrected chi connectivity index (χ3v) is 2.88. The predicted molar refractivity (Wildman–Crippen MR) is 70.9 cm³/mol. The molecule has 90 valence electrons. The maximum absolute atomic E-state index is 13.2. The first-order valence-corrected chi connectivity index (χ1v) is 8.69. The van der Waals surface area contributed by atoms with Gasteiger partial charge in [-0.3, -0.25) is 0 Å². The van der Waals surface area contributed by atoms with Crippen molar-refractivity contribution in [2.24, 2.45) is 0 Å². The van der Waals surface area contributed by atoms with Crippen LogP contribution < -0.4 is 11.2 Å². The minimum atomic E-state index is -1.75. The molecule has 0 unspecified atom stereocenters. The molecular weight excluding hydrogens is 236 g/mol. The van der Waals surface area contributed by atoms with Crippen LogP contribution in [-0.2, 0) is 0 Å². The molecule has 6 heteroatoms. The summed E-state index contributed by atoms with van der Waals surface area (Å²) in [6.07, 6.45) is 0. The lowest BCUT2D eigenvalue weighted by Crippen LogP contribution is -2.35. The number of hydrogen-bond donors (Lipinski definition) is 3. The Labute approximate surface area is 102 Å². The molecule has 0 atom stereocenters. The Balaban J connectivity index is 3.35. The van der Waals surface area contributed by atoms with Crippen molar-refractivity contribution in [1.82, 2.24) is 0 Å². The maximum atomic E-state index is 13.2. The van der Waals surface area contributed by atoms with Gasteiger partial charge in [0.2, 0.25) is 0 Å². The minimum absolute atomic E-state index is 0.000115. The Kier molecular flexibility index (Phi) is 3.99. The van der Waals surface area contributed by atoms with E-state index >= 15 is 0 Å². The van der Waals surface area contributed by atoms with Gasteiger partial charge in [0, 0.05) is 16.7 Å². The first-order valence-electron chi connectivity index (χ1n) is 5.19. The van der Waals surface area contributed by atoms with Crippen LogP contribution in [0.1, 0.15) is 5.56 Å². The number of anilines is 1. The molecule has 0 bridgehead atoms. The second kappa shape index (κ2) is 4.92. The monoisotopic (exact) mass is 251 g/mol. The van der Waals surface area contributed by atoms with Crippen LogP contribution in [-0.4, -0.2) is 25.2 Å². The van der Waals surface area contributed by atoms with E-state index in [0.29, 0.717) is 0 Å². The zero-order valence-electron chi connectivity index (χ0n) is 10.1. The van der Waals surface area contributed by atoms with Crippen LogP contribution in [0.2, 0.25) is 19.6 Å². The van der Waals surface area contributed by atoms with E-state index in [4.69, 9.17) is 5.73 Å². The number of nitrogen functional groups attached to an aromatic ring is 1. The third kappa shape index (κ3) is 3.89. The summed E-state index contributed by atoms with van der Waals surface area (Å²) >= 11 is 0. The first kappa shape index (κ1) is 13.8. The Bertz CT molecular complexity index is 489. The van der Waals surface area contributed by atoms with Crippen molar-refractivity contribution >= 4 is 26.3 Å². The van der Waals surface area contributed by atoms with Crippen LogP contribution in [0.5, 0.6) is 0 Å². The average Bonchev–Trinajstić information content (AvgIpc) is 2.11. The van der Waals surface area contributed by atoms with Crippen molar-refractivity contribution in [3.8, 4) is 11.5 Å². The Morgan fingerprint density at radius 3 is 2.35 bits per heavy atom. The summed E-state index contributed by atoms with van der Waals surface area (Å²) in [4.78, 5) is 0. The molecule has 0 aliphatic carbocycles. The number of hydrogen-bond acceptors (Lipinski definition) is 3. The molecular formula is C11H15BFNO2Si. The van der Waals surface area contributed by atoms with Gasteiger partial charge in [0.05, 0.1) is 0 Å². The van der Waals surface area contributed by atoms with Crippen molar-refractivity contribution in [2.45, 2.75) is 19.6 Å². The van der Waals surface area contributed by atoms with Crippen molar-refractivity contribution in [3.63, 3.8) is 0 Å². The second-order valence-electron chi connectivity index (χ2n) is 4.83. The van der Waals surface area contributed by atoms with Crippen molar-refractivity contribution < 1.29 is 14.4 Å². The summed E-state index contributed by atoms with van der Waals surface area (Å²) in [5.74, 6) is 2.25. The van der Waals surface area contributed by atoms with E-state index in [1.54, 1.807) is 0 Å². The minimum Gasteiger partial charge on any atom is -0.423 e. The predicted octanol–water partition coefficient (Wildman–Crippen LogP) is 0.317. The zero-order chi connectivity index (χ0) is 13.2. The topological polar surface area (TPSA) is 66.5 Å². The average molecular weight is 251 g/mol. The van der Waals surface area contributed by atoms with Gasteiger partial charge in [0.1, 0.15) is 13.9 Å². The lowest BCUT2D eigenvalue weighted by Gasteiger charge is -2.09. The molecule has 0 saturated carbocycles. The Morgan fingerprint density at radius 1 is 1.29 bits per heavy atom. The van der Waals surface area contributed by atoms with Gasteiger partial charge in [-0.05, 0) is 12.1 Å². The molecule has 0 spiro atoms. The highest BCUT2D eigenvalue weighted by Gasteiger charge is 2.20. The van der Waals surface area contributed by atoms with E-state index in [-0.39, 0.29) is 16.7 Å². The molecule has 0 amide bonds. The summed E-state index contributed by atoms with van der Waals surface area (Å²) in [5, 5.41) is 18.4.